The summed E-state index contributed by atoms with van der Waals surface area (Å²) in [5.41, 5.74) is 8.69. The Morgan fingerprint density at radius 2 is 1.82 bits per heavy atom. The van der Waals surface area contributed by atoms with Gasteiger partial charge in [0.05, 0.1) is 5.69 Å². The van der Waals surface area contributed by atoms with E-state index in [1.165, 1.54) is 12.8 Å². The lowest BCUT2D eigenvalue weighted by molar-refractivity contribution is 1.00. The van der Waals surface area contributed by atoms with Gasteiger partial charge in [-0.05, 0) is 31.0 Å². The molecular weight excluding hydrogens is 234 g/mol. The highest BCUT2D eigenvalue weighted by Gasteiger charge is 2.26. The van der Waals surface area contributed by atoms with E-state index in [2.05, 4.69) is 9.97 Å². The van der Waals surface area contributed by atoms with Crippen LogP contribution in [0.15, 0.2) is 30.3 Å². The zero-order chi connectivity index (χ0) is 11.8. The van der Waals surface area contributed by atoms with Crippen molar-refractivity contribution in [1.82, 2.24) is 9.97 Å². The molecule has 0 bridgehead atoms. The number of rotatable bonds is 2. The minimum Gasteiger partial charge on any atom is -0.368 e. The summed E-state index contributed by atoms with van der Waals surface area (Å²) >= 11 is 5.86. The van der Waals surface area contributed by atoms with Gasteiger partial charge < -0.3 is 5.73 Å². The zero-order valence-corrected chi connectivity index (χ0v) is 9.98. The Hall–Kier alpha value is -1.61. The highest BCUT2D eigenvalue weighted by molar-refractivity contribution is 6.30. The Kier molecular flexibility index (Phi) is 2.48. The number of hydrogen-bond acceptors (Lipinski definition) is 3. The second-order valence-electron chi connectivity index (χ2n) is 4.32. The average Bonchev–Trinajstić information content (AvgIpc) is 3.13. The molecule has 0 saturated heterocycles. The van der Waals surface area contributed by atoms with Crippen molar-refractivity contribution in [3.63, 3.8) is 0 Å². The van der Waals surface area contributed by atoms with Crippen LogP contribution < -0.4 is 5.73 Å². The number of halogens is 1. The normalized spacial score (nSPS) is 14.9. The molecule has 0 unspecified atom stereocenters. The van der Waals surface area contributed by atoms with Gasteiger partial charge in [-0.25, -0.2) is 9.97 Å². The molecule has 2 aromatic rings. The molecular formula is C13H12ClN3. The lowest BCUT2D eigenvalue weighted by atomic mass is 10.1. The zero-order valence-electron chi connectivity index (χ0n) is 9.23. The fraction of sp³-hybridized carbons (Fsp3) is 0.231. The second-order valence-corrected chi connectivity index (χ2v) is 4.75. The van der Waals surface area contributed by atoms with Gasteiger partial charge in [-0.1, -0.05) is 23.7 Å². The van der Waals surface area contributed by atoms with Crippen LogP contribution in [0.4, 0.5) is 5.95 Å². The van der Waals surface area contributed by atoms with Gasteiger partial charge in [0.2, 0.25) is 5.95 Å². The smallest absolute Gasteiger partial charge is 0.220 e. The largest absolute Gasteiger partial charge is 0.368 e. The first kappa shape index (κ1) is 10.5. The van der Waals surface area contributed by atoms with Crippen LogP contribution in [0.1, 0.15) is 24.5 Å². The highest BCUT2D eigenvalue weighted by atomic mass is 35.5. The standard InChI is InChI=1S/C13H12ClN3/c14-10-5-3-9(4-6-10)12-7-11(8-1-2-8)16-13(15)17-12/h3-8H,1-2H2,(H2,15,16,17). The summed E-state index contributed by atoms with van der Waals surface area (Å²) in [7, 11) is 0. The van der Waals surface area contributed by atoms with Crippen molar-refractivity contribution in [1.29, 1.82) is 0 Å². The van der Waals surface area contributed by atoms with Gasteiger partial charge in [0.25, 0.3) is 0 Å². The quantitative estimate of drug-likeness (QED) is 0.884. The average molecular weight is 246 g/mol. The van der Waals surface area contributed by atoms with E-state index in [-0.39, 0.29) is 0 Å². The molecule has 0 atom stereocenters. The van der Waals surface area contributed by atoms with E-state index in [1.54, 1.807) is 0 Å². The van der Waals surface area contributed by atoms with Crippen molar-refractivity contribution in [3.05, 3.63) is 41.0 Å². The lowest BCUT2D eigenvalue weighted by Crippen LogP contribution is -2.00. The summed E-state index contributed by atoms with van der Waals surface area (Å²) in [6.45, 7) is 0. The number of nitrogens with zero attached hydrogens (tertiary/aromatic N) is 2. The molecule has 1 saturated carbocycles. The van der Waals surface area contributed by atoms with Crippen molar-refractivity contribution >= 4 is 17.5 Å². The van der Waals surface area contributed by atoms with E-state index in [1.807, 2.05) is 30.3 Å². The first-order valence-electron chi connectivity index (χ1n) is 5.63. The molecule has 0 radical (unpaired) electrons. The molecule has 1 heterocycles. The summed E-state index contributed by atoms with van der Waals surface area (Å²) < 4.78 is 0. The molecule has 0 aliphatic heterocycles. The van der Waals surface area contributed by atoms with E-state index in [4.69, 9.17) is 17.3 Å². The summed E-state index contributed by atoms with van der Waals surface area (Å²) in [6, 6.07) is 9.62. The Balaban J connectivity index is 2.04. The summed E-state index contributed by atoms with van der Waals surface area (Å²) in [5, 5.41) is 0.721. The Morgan fingerprint density at radius 3 is 2.47 bits per heavy atom. The molecule has 1 aliphatic carbocycles. The van der Waals surface area contributed by atoms with Gasteiger partial charge in [0.15, 0.2) is 0 Å². The highest BCUT2D eigenvalue weighted by Crippen LogP contribution is 2.40. The minimum absolute atomic E-state index is 0.347. The van der Waals surface area contributed by atoms with Crippen LogP contribution >= 0.6 is 11.6 Å². The molecule has 1 aliphatic rings. The third kappa shape index (κ3) is 2.24. The molecule has 2 N–H and O–H groups in total. The van der Waals surface area contributed by atoms with Gasteiger partial charge in [0, 0.05) is 22.2 Å². The molecule has 0 spiro atoms. The van der Waals surface area contributed by atoms with Crippen molar-refractivity contribution in [2.24, 2.45) is 0 Å². The van der Waals surface area contributed by atoms with Crippen LogP contribution in [0.25, 0.3) is 11.3 Å². The van der Waals surface area contributed by atoms with Crippen LogP contribution in [-0.4, -0.2) is 9.97 Å². The fourth-order valence-electron chi connectivity index (χ4n) is 1.84. The summed E-state index contributed by atoms with van der Waals surface area (Å²) in [6.07, 6.45) is 2.41. The maximum Gasteiger partial charge on any atom is 0.220 e. The predicted octanol–water partition coefficient (Wildman–Crippen LogP) is 3.26. The molecule has 1 aromatic heterocycles. The first-order chi connectivity index (χ1) is 8.22. The number of nitrogen functional groups attached to an aromatic ring is 1. The number of hydrogen-bond donors (Lipinski definition) is 1. The van der Waals surface area contributed by atoms with Gasteiger partial charge in [-0.2, -0.15) is 0 Å². The summed E-state index contributed by atoms with van der Waals surface area (Å²) in [5.74, 6) is 0.922. The Morgan fingerprint density at radius 1 is 1.12 bits per heavy atom. The van der Waals surface area contributed by atoms with Gasteiger partial charge >= 0.3 is 0 Å². The molecule has 4 heteroatoms. The number of nitrogens with two attached hydrogens (primary N) is 1. The molecule has 1 fully saturated rings. The number of anilines is 1. The van der Waals surface area contributed by atoms with Crippen molar-refractivity contribution in [2.45, 2.75) is 18.8 Å². The minimum atomic E-state index is 0.347. The van der Waals surface area contributed by atoms with E-state index in [9.17, 15) is 0 Å². The molecule has 1 aromatic carbocycles. The Labute approximate surface area is 105 Å². The second kappa shape index (κ2) is 4.00. The molecule has 3 rings (SSSR count). The molecule has 3 nitrogen and oxygen atoms in total. The van der Waals surface area contributed by atoms with Crippen LogP contribution in [0, 0.1) is 0 Å². The van der Waals surface area contributed by atoms with Gasteiger partial charge in [-0.15, -0.1) is 0 Å². The van der Waals surface area contributed by atoms with Gasteiger partial charge in [0.1, 0.15) is 0 Å². The summed E-state index contributed by atoms with van der Waals surface area (Å²) in [4.78, 5) is 8.55. The van der Waals surface area contributed by atoms with Crippen LogP contribution in [0.3, 0.4) is 0 Å². The molecule has 86 valence electrons. The maximum absolute atomic E-state index is 5.86. The van der Waals surface area contributed by atoms with E-state index >= 15 is 0 Å². The van der Waals surface area contributed by atoms with Gasteiger partial charge in [-0.3, -0.25) is 0 Å². The van der Waals surface area contributed by atoms with Crippen molar-refractivity contribution in [3.8, 4) is 11.3 Å². The molecule has 0 amide bonds. The topological polar surface area (TPSA) is 51.8 Å². The van der Waals surface area contributed by atoms with Crippen LogP contribution in [0.5, 0.6) is 0 Å². The lowest BCUT2D eigenvalue weighted by Gasteiger charge is -2.05. The third-order valence-electron chi connectivity index (χ3n) is 2.90. The number of aromatic nitrogens is 2. The maximum atomic E-state index is 5.86. The first-order valence-corrected chi connectivity index (χ1v) is 6.00. The SMILES string of the molecule is Nc1nc(-c2ccc(Cl)cc2)cc(C2CC2)n1. The molecule has 17 heavy (non-hydrogen) atoms. The monoisotopic (exact) mass is 245 g/mol. The Bertz CT molecular complexity index is 547. The van der Waals surface area contributed by atoms with Crippen LogP contribution in [0.2, 0.25) is 5.02 Å². The predicted molar refractivity (Wildman–Crippen MR) is 68.9 cm³/mol. The number of benzene rings is 1. The van der Waals surface area contributed by atoms with Crippen molar-refractivity contribution in [2.75, 3.05) is 5.73 Å². The van der Waals surface area contributed by atoms with Crippen LogP contribution in [-0.2, 0) is 0 Å². The van der Waals surface area contributed by atoms with E-state index in [0.717, 1.165) is 22.0 Å². The van der Waals surface area contributed by atoms with E-state index in [0.29, 0.717) is 11.9 Å². The third-order valence-corrected chi connectivity index (χ3v) is 3.15. The van der Waals surface area contributed by atoms with E-state index < -0.39 is 0 Å². The fourth-order valence-corrected chi connectivity index (χ4v) is 1.97. The van der Waals surface area contributed by atoms with Crippen molar-refractivity contribution < 1.29 is 0 Å².